The molecule has 2 aromatic rings. The standard InChI is InChI=1S/C20H23NO4/c22-19(14-6-1-2-7-15(14)20(23)24)21-12-9-10-18-16(11-12)13-5-3-4-8-17(13)25-18/h9-11,14-15H,1-8H2,(H,21,22)(H,23,24)/p-1/t14-,15+/m0/s1. The maximum Gasteiger partial charge on any atom is 0.228 e. The molecule has 1 aromatic carbocycles. The van der Waals surface area contributed by atoms with Crippen LogP contribution in [0.2, 0.25) is 0 Å². The number of anilines is 1. The fourth-order valence-corrected chi connectivity index (χ4v) is 4.30. The lowest BCUT2D eigenvalue weighted by atomic mass is 9.78. The Hall–Kier alpha value is -2.30. The Labute approximate surface area is 146 Å². The summed E-state index contributed by atoms with van der Waals surface area (Å²) in [5.74, 6) is -1.45. The molecule has 5 nitrogen and oxygen atoms in total. The van der Waals surface area contributed by atoms with Crippen LogP contribution in [0.15, 0.2) is 22.6 Å². The van der Waals surface area contributed by atoms with Gasteiger partial charge in [0, 0.05) is 40.9 Å². The maximum absolute atomic E-state index is 12.6. The van der Waals surface area contributed by atoms with Gasteiger partial charge in [0.25, 0.3) is 0 Å². The average molecular weight is 340 g/mol. The van der Waals surface area contributed by atoms with E-state index in [2.05, 4.69) is 5.32 Å². The molecule has 4 rings (SSSR count). The van der Waals surface area contributed by atoms with Crippen molar-refractivity contribution in [2.75, 3.05) is 5.32 Å². The molecular formula is C20H22NO4-. The summed E-state index contributed by atoms with van der Waals surface area (Å²) in [4.78, 5) is 23.9. The number of carboxylic acids is 1. The van der Waals surface area contributed by atoms with Gasteiger partial charge in [0.2, 0.25) is 5.91 Å². The van der Waals surface area contributed by atoms with Gasteiger partial charge in [-0.15, -0.1) is 0 Å². The Morgan fingerprint density at radius 3 is 2.60 bits per heavy atom. The van der Waals surface area contributed by atoms with Crippen LogP contribution < -0.4 is 10.4 Å². The number of amides is 1. The Morgan fingerprint density at radius 1 is 1.04 bits per heavy atom. The Morgan fingerprint density at radius 2 is 1.80 bits per heavy atom. The minimum absolute atomic E-state index is 0.217. The van der Waals surface area contributed by atoms with Crippen LogP contribution in [0.5, 0.6) is 0 Å². The summed E-state index contributed by atoms with van der Waals surface area (Å²) >= 11 is 0. The molecule has 0 aliphatic heterocycles. The zero-order valence-corrected chi connectivity index (χ0v) is 14.2. The monoisotopic (exact) mass is 340 g/mol. The number of rotatable bonds is 3. The molecule has 1 amide bonds. The Bertz CT molecular complexity index is 822. The molecule has 0 saturated heterocycles. The lowest BCUT2D eigenvalue weighted by Gasteiger charge is -2.31. The summed E-state index contributed by atoms with van der Waals surface area (Å²) in [6.07, 6.45) is 7.15. The molecule has 0 bridgehead atoms. The molecule has 2 aliphatic carbocycles. The molecule has 2 atom stereocenters. The van der Waals surface area contributed by atoms with Gasteiger partial charge in [0.05, 0.1) is 0 Å². The number of aryl methyl sites for hydroxylation is 2. The quantitative estimate of drug-likeness (QED) is 0.931. The molecular weight excluding hydrogens is 318 g/mol. The molecule has 2 aliphatic rings. The first-order valence-electron chi connectivity index (χ1n) is 9.19. The number of benzene rings is 1. The van der Waals surface area contributed by atoms with Gasteiger partial charge < -0.3 is 19.6 Å². The topological polar surface area (TPSA) is 82.4 Å². The summed E-state index contributed by atoms with van der Waals surface area (Å²) in [6, 6.07) is 5.67. The summed E-state index contributed by atoms with van der Waals surface area (Å²) in [5, 5.41) is 15.3. The largest absolute Gasteiger partial charge is 0.550 e. The van der Waals surface area contributed by atoms with E-state index in [4.69, 9.17) is 4.42 Å². The van der Waals surface area contributed by atoms with E-state index < -0.39 is 17.8 Å². The molecule has 0 unspecified atom stereocenters. The highest BCUT2D eigenvalue weighted by Gasteiger charge is 2.32. The van der Waals surface area contributed by atoms with Gasteiger partial charge in [-0.25, -0.2) is 0 Å². The van der Waals surface area contributed by atoms with Crippen LogP contribution in [-0.2, 0) is 22.4 Å². The predicted molar refractivity (Wildman–Crippen MR) is 91.9 cm³/mol. The Kier molecular flexibility index (Phi) is 4.24. The van der Waals surface area contributed by atoms with E-state index in [0.29, 0.717) is 18.5 Å². The smallest absolute Gasteiger partial charge is 0.228 e. The number of nitrogens with one attached hydrogen (secondary N) is 1. The highest BCUT2D eigenvalue weighted by Crippen LogP contribution is 2.34. The molecule has 0 radical (unpaired) electrons. The second-order valence-electron chi connectivity index (χ2n) is 7.23. The zero-order chi connectivity index (χ0) is 17.4. The maximum atomic E-state index is 12.6. The number of carbonyl (C=O) groups is 2. The minimum Gasteiger partial charge on any atom is -0.550 e. The lowest BCUT2D eigenvalue weighted by Crippen LogP contribution is -2.42. The van der Waals surface area contributed by atoms with Crippen molar-refractivity contribution in [2.24, 2.45) is 11.8 Å². The number of fused-ring (bicyclic) bond motifs is 3. The summed E-state index contributed by atoms with van der Waals surface area (Å²) in [5.41, 5.74) is 2.81. The predicted octanol–water partition coefficient (Wildman–Crippen LogP) is 2.81. The molecule has 1 heterocycles. The van der Waals surface area contributed by atoms with Gasteiger partial charge in [-0.05, 0) is 50.3 Å². The van der Waals surface area contributed by atoms with Crippen molar-refractivity contribution in [3.63, 3.8) is 0 Å². The van der Waals surface area contributed by atoms with Crippen molar-refractivity contribution in [1.29, 1.82) is 0 Å². The van der Waals surface area contributed by atoms with Crippen LogP contribution in [0, 0.1) is 11.8 Å². The first-order valence-corrected chi connectivity index (χ1v) is 9.19. The third-order valence-corrected chi connectivity index (χ3v) is 5.63. The van der Waals surface area contributed by atoms with Crippen LogP contribution >= 0.6 is 0 Å². The summed E-state index contributed by atoms with van der Waals surface area (Å²) < 4.78 is 5.92. The SMILES string of the molecule is O=C(Nc1ccc2oc3c(c2c1)CCCC3)[C@H]1CCCC[C@H]1C(=O)[O-]. The third kappa shape index (κ3) is 3.03. The van der Waals surface area contributed by atoms with Crippen LogP contribution in [0.25, 0.3) is 11.0 Å². The molecule has 25 heavy (non-hydrogen) atoms. The molecule has 0 spiro atoms. The van der Waals surface area contributed by atoms with Gasteiger partial charge in [0.15, 0.2) is 0 Å². The van der Waals surface area contributed by atoms with E-state index in [1.54, 1.807) is 0 Å². The molecule has 1 saturated carbocycles. The third-order valence-electron chi connectivity index (χ3n) is 5.63. The van der Waals surface area contributed by atoms with Crippen LogP contribution in [0.4, 0.5) is 5.69 Å². The molecule has 132 valence electrons. The van der Waals surface area contributed by atoms with E-state index >= 15 is 0 Å². The highest BCUT2D eigenvalue weighted by atomic mass is 16.4. The van der Waals surface area contributed by atoms with E-state index in [0.717, 1.165) is 55.3 Å². The fourth-order valence-electron chi connectivity index (χ4n) is 4.30. The summed E-state index contributed by atoms with van der Waals surface area (Å²) in [6.45, 7) is 0. The van der Waals surface area contributed by atoms with Gasteiger partial charge in [-0.1, -0.05) is 12.8 Å². The zero-order valence-electron chi connectivity index (χ0n) is 14.2. The van der Waals surface area contributed by atoms with Crippen molar-refractivity contribution < 1.29 is 19.1 Å². The number of aliphatic carboxylic acids is 1. The second kappa shape index (κ2) is 6.54. The van der Waals surface area contributed by atoms with E-state index in [-0.39, 0.29) is 5.91 Å². The Balaban J connectivity index is 1.57. The molecule has 1 N–H and O–H groups in total. The molecule has 5 heteroatoms. The van der Waals surface area contributed by atoms with Crippen molar-refractivity contribution in [3.05, 3.63) is 29.5 Å². The van der Waals surface area contributed by atoms with E-state index in [9.17, 15) is 14.7 Å². The number of hydrogen-bond donors (Lipinski definition) is 1. The van der Waals surface area contributed by atoms with Crippen LogP contribution in [-0.4, -0.2) is 11.9 Å². The van der Waals surface area contributed by atoms with Crippen LogP contribution in [0.1, 0.15) is 49.8 Å². The minimum atomic E-state index is -1.11. The normalized spacial score (nSPS) is 23.2. The van der Waals surface area contributed by atoms with Crippen molar-refractivity contribution in [3.8, 4) is 0 Å². The second-order valence-corrected chi connectivity index (χ2v) is 7.23. The number of hydrogen-bond acceptors (Lipinski definition) is 4. The van der Waals surface area contributed by atoms with Crippen LogP contribution in [0.3, 0.4) is 0 Å². The van der Waals surface area contributed by atoms with Crippen molar-refractivity contribution in [2.45, 2.75) is 51.4 Å². The average Bonchev–Trinajstić information content (AvgIpc) is 2.99. The molecule has 1 aromatic heterocycles. The van der Waals surface area contributed by atoms with Crippen molar-refractivity contribution >= 4 is 28.5 Å². The fraction of sp³-hybridized carbons (Fsp3) is 0.500. The number of furan rings is 1. The van der Waals surface area contributed by atoms with Gasteiger partial charge in [0.1, 0.15) is 11.3 Å². The first kappa shape index (κ1) is 16.2. The number of carboxylic acid groups (broad SMARTS) is 1. The van der Waals surface area contributed by atoms with Gasteiger partial charge >= 0.3 is 0 Å². The first-order chi connectivity index (χ1) is 12.1. The van der Waals surface area contributed by atoms with Gasteiger partial charge in [-0.3, -0.25) is 4.79 Å². The number of carbonyl (C=O) groups excluding carboxylic acids is 2. The molecule has 1 fully saturated rings. The summed E-state index contributed by atoms with van der Waals surface area (Å²) in [7, 11) is 0. The van der Waals surface area contributed by atoms with Gasteiger partial charge in [-0.2, -0.15) is 0 Å². The highest BCUT2D eigenvalue weighted by molar-refractivity contribution is 5.97. The van der Waals surface area contributed by atoms with E-state index in [1.807, 2.05) is 18.2 Å². The van der Waals surface area contributed by atoms with Crippen molar-refractivity contribution in [1.82, 2.24) is 0 Å². The lowest BCUT2D eigenvalue weighted by molar-refractivity contribution is -0.313. The van der Waals surface area contributed by atoms with E-state index in [1.165, 1.54) is 5.56 Å².